The average molecular weight is 272 g/mol. The van der Waals surface area contributed by atoms with Crippen molar-refractivity contribution < 1.29 is 9.13 Å². The van der Waals surface area contributed by atoms with E-state index in [1.165, 1.54) is 0 Å². The van der Waals surface area contributed by atoms with Crippen LogP contribution in [-0.2, 0) is 5.41 Å². The van der Waals surface area contributed by atoms with Gasteiger partial charge < -0.3 is 10.5 Å². The first-order chi connectivity index (χ1) is 8.55. The zero-order chi connectivity index (χ0) is 13.3. The SMILES string of the molecule is COc1c(C)cc(Cl)c(F)c1C1(CN)CCCC1. The van der Waals surface area contributed by atoms with E-state index in [9.17, 15) is 4.39 Å². The van der Waals surface area contributed by atoms with Crippen LogP contribution in [0.3, 0.4) is 0 Å². The van der Waals surface area contributed by atoms with Crippen molar-refractivity contribution in [2.75, 3.05) is 13.7 Å². The summed E-state index contributed by atoms with van der Waals surface area (Å²) in [5.41, 5.74) is 7.05. The maximum Gasteiger partial charge on any atom is 0.149 e. The lowest BCUT2D eigenvalue weighted by molar-refractivity contribution is 0.361. The predicted molar refractivity (Wildman–Crippen MR) is 71.9 cm³/mol. The van der Waals surface area contributed by atoms with Crippen molar-refractivity contribution in [3.05, 3.63) is 28.0 Å². The highest BCUT2D eigenvalue weighted by Gasteiger charge is 2.40. The molecule has 2 rings (SSSR count). The molecule has 0 bridgehead atoms. The molecule has 2 nitrogen and oxygen atoms in total. The van der Waals surface area contributed by atoms with Gasteiger partial charge in [-0.25, -0.2) is 4.39 Å². The highest BCUT2D eigenvalue weighted by Crippen LogP contribution is 2.47. The maximum absolute atomic E-state index is 14.4. The van der Waals surface area contributed by atoms with E-state index in [0.717, 1.165) is 31.2 Å². The molecule has 1 aromatic rings. The summed E-state index contributed by atoms with van der Waals surface area (Å²) < 4.78 is 19.8. The second-order valence-corrected chi connectivity index (χ2v) is 5.50. The molecule has 0 saturated heterocycles. The van der Waals surface area contributed by atoms with Gasteiger partial charge in [0.1, 0.15) is 11.6 Å². The van der Waals surface area contributed by atoms with E-state index < -0.39 is 0 Å². The minimum absolute atomic E-state index is 0.156. The summed E-state index contributed by atoms with van der Waals surface area (Å²) in [4.78, 5) is 0. The first kappa shape index (κ1) is 13.6. The van der Waals surface area contributed by atoms with Crippen LogP contribution in [-0.4, -0.2) is 13.7 Å². The van der Waals surface area contributed by atoms with Crippen LogP contribution in [0.1, 0.15) is 36.8 Å². The molecule has 1 aromatic carbocycles. The highest BCUT2D eigenvalue weighted by atomic mass is 35.5. The van der Waals surface area contributed by atoms with Gasteiger partial charge in [-0.2, -0.15) is 0 Å². The molecule has 0 heterocycles. The Morgan fingerprint density at radius 2 is 2.06 bits per heavy atom. The Morgan fingerprint density at radius 3 is 2.56 bits per heavy atom. The van der Waals surface area contributed by atoms with Gasteiger partial charge in [-0.05, 0) is 31.4 Å². The molecule has 0 radical (unpaired) electrons. The smallest absolute Gasteiger partial charge is 0.149 e. The monoisotopic (exact) mass is 271 g/mol. The van der Waals surface area contributed by atoms with E-state index in [-0.39, 0.29) is 16.3 Å². The van der Waals surface area contributed by atoms with Crippen LogP contribution < -0.4 is 10.5 Å². The fraction of sp³-hybridized carbons (Fsp3) is 0.571. The van der Waals surface area contributed by atoms with Crippen LogP contribution in [0, 0.1) is 12.7 Å². The summed E-state index contributed by atoms with van der Waals surface area (Å²) in [6, 6.07) is 1.61. The third kappa shape index (κ3) is 1.99. The van der Waals surface area contributed by atoms with E-state index >= 15 is 0 Å². The number of nitrogens with two attached hydrogens (primary N) is 1. The van der Waals surface area contributed by atoms with Gasteiger partial charge in [-0.15, -0.1) is 0 Å². The molecule has 0 aromatic heterocycles. The molecule has 0 amide bonds. The van der Waals surface area contributed by atoms with E-state index in [1.807, 2.05) is 6.92 Å². The summed E-state index contributed by atoms with van der Waals surface area (Å²) in [7, 11) is 1.57. The molecule has 0 unspecified atom stereocenters. The van der Waals surface area contributed by atoms with E-state index in [0.29, 0.717) is 17.9 Å². The number of methoxy groups -OCH3 is 1. The van der Waals surface area contributed by atoms with Crippen molar-refractivity contribution >= 4 is 11.6 Å². The summed E-state index contributed by atoms with van der Waals surface area (Å²) in [6.07, 6.45) is 3.95. The zero-order valence-electron chi connectivity index (χ0n) is 10.9. The van der Waals surface area contributed by atoms with Gasteiger partial charge in [-0.3, -0.25) is 0 Å². The molecule has 18 heavy (non-hydrogen) atoms. The van der Waals surface area contributed by atoms with Gasteiger partial charge in [0.25, 0.3) is 0 Å². The zero-order valence-corrected chi connectivity index (χ0v) is 11.6. The van der Waals surface area contributed by atoms with Gasteiger partial charge in [0, 0.05) is 17.5 Å². The first-order valence-electron chi connectivity index (χ1n) is 6.29. The molecular formula is C14H19ClFNO. The van der Waals surface area contributed by atoms with Gasteiger partial charge in [0.15, 0.2) is 0 Å². The Kier molecular flexibility index (Phi) is 3.83. The van der Waals surface area contributed by atoms with Crippen LogP contribution in [0.2, 0.25) is 5.02 Å². The Morgan fingerprint density at radius 1 is 1.44 bits per heavy atom. The summed E-state index contributed by atoms with van der Waals surface area (Å²) in [5.74, 6) is 0.232. The Bertz CT molecular complexity index is 456. The number of ether oxygens (including phenoxy) is 1. The lowest BCUT2D eigenvalue weighted by Crippen LogP contribution is -2.33. The van der Waals surface area contributed by atoms with Crippen LogP contribution in [0.4, 0.5) is 4.39 Å². The molecule has 1 aliphatic rings. The molecule has 1 saturated carbocycles. The van der Waals surface area contributed by atoms with Crippen LogP contribution in [0.15, 0.2) is 6.07 Å². The topological polar surface area (TPSA) is 35.2 Å². The lowest BCUT2D eigenvalue weighted by Gasteiger charge is -2.31. The predicted octanol–water partition coefficient (Wildman–Crippen LogP) is 3.57. The third-order valence-electron chi connectivity index (χ3n) is 4.04. The summed E-state index contributed by atoms with van der Waals surface area (Å²) in [5, 5.41) is 0.156. The largest absolute Gasteiger partial charge is 0.496 e. The molecule has 4 heteroatoms. The Balaban J connectivity index is 2.67. The van der Waals surface area contributed by atoms with Crippen LogP contribution >= 0.6 is 11.6 Å². The fourth-order valence-corrected chi connectivity index (χ4v) is 3.34. The fourth-order valence-electron chi connectivity index (χ4n) is 3.08. The molecule has 1 aliphatic carbocycles. The Labute approximate surface area is 112 Å². The van der Waals surface area contributed by atoms with Gasteiger partial charge in [-0.1, -0.05) is 24.4 Å². The molecule has 2 N–H and O–H groups in total. The number of rotatable bonds is 3. The number of hydrogen-bond acceptors (Lipinski definition) is 2. The molecule has 0 atom stereocenters. The summed E-state index contributed by atoms with van der Waals surface area (Å²) in [6.45, 7) is 2.31. The molecule has 0 aliphatic heterocycles. The maximum atomic E-state index is 14.4. The molecule has 100 valence electrons. The van der Waals surface area contributed by atoms with E-state index in [1.54, 1.807) is 13.2 Å². The van der Waals surface area contributed by atoms with Crippen molar-refractivity contribution in [1.82, 2.24) is 0 Å². The first-order valence-corrected chi connectivity index (χ1v) is 6.66. The molecular weight excluding hydrogens is 253 g/mol. The number of aryl methyl sites for hydroxylation is 1. The standard InChI is InChI=1S/C14H19ClFNO/c1-9-7-10(15)12(16)11(13(9)18-2)14(8-17)5-3-4-6-14/h7H,3-6,8,17H2,1-2H3. The van der Waals surface area contributed by atoms with Crippen LogP contribution in [0.5, 0.6) is 5.75 Å². The van der Waals surface area contributed by atoms with Crippen molar-refractivity contribution in [2.45, 2.75) is 38.0 Å². The van der Waals surface area contributed by atoms with Crippen molar-refractivity contribution in [3.8, 4) is 5.75 Å². The summed E-state index contributed by atoms with van der Waals surface area (Å²) >= 11 is 5.97. The van der Waals surface area contributed by atoms with Crippen molar-refractivity contribution in [1.29, 1.82) is 0 Å². The number of hydrogen-bond donors (Lipinski definition) is 1. The van der Waals surface area contributed by atoms with Crippen molar-refractivity contribution in [2.24, 2.45) is 5.73 Å². The molecule has 1 fully saturated rings. The quantitative estimate of drug-likeness (QED) is 0.912. The second kappa shape index (κ2) is 5.06. The third-order valence-corrected chi connectivity index (χ3v) is 4.32. The highest BCUT2D eigenvalue weighted by molar-refractivity contribution is 6.31. The normalized spacial score (nSPS) is 18.1. The minimum Gasteiger partial charge on any atom is -0.496 e. The van der Waals surface area contributed by atoms with Crippen LogP contribution in [0.25, 0.3) is 0 Å². The van der Waals surface area contributed by atoms with Gasteiger partial charge in [0.05, 0.1) is 12.1 Å². The van der Waals surface area contributed by atoms with Gasteiger partial charge >= 0.3 is 0 Å². The average Bonchev–Trinajstić information content (AvgIpc) is 2.83. The minimum atomic E-state index is -0.369. The van der Waals surface area contributed by atoms with E-state index in [4.69, 9.17) is 22.1 Å². The lowest BCUT2D eigenvalue weighted by atomic mass is 9.77. The Hall–Kier alpha value is -0.800. The second-order valence-electron chi connectivity index (χ2n) is 5.09. The molecule has 0 spiro atoms. The van der Waals surface area contributed by atoms with E-state index in [2.05, 4.69) is 0 Å². The number of halogens is 2. The van der Waals surface area contributed by atoms with Crippen molar-refractivity contribution in [3.63, 3.8) is 0 Å². The number of benzene rings is 1. The van der Waals surface area contributed by atoms with Gasteiger partial charge in [0.2, 0.25) is 0 Å².